The smallest absolute Gasteiger partial charge is 0.0837 e. The molecule has 2 nitrogen and oxygen atoms in total. The summed E-state index contributed by atoms with van der Waals surface area (Å²) in [4.78, 5) is 0. The summed E-state index contributed by atoms with van der Waals surface area (Å²) in [6.07, 6.45) is 9.99. The van der Waals surface area contributed by atoms with Crippen molar-refractivity contribution >= 4 is 0 Å². The molecule has 2 unspecified atom stereocenters. The van der Waals surface area contributed by atoms with E-state index in [1.54, 1.807) is 0 Å². The first kappa shape index (κ1) is 9.47. The summed E-state index contributed by atoms with van der Waals surface area (Å²) >= 11 is 0. The van der Waals surface area contributed by atoms with Crippen molar-refractivity contribution in [3.63, 3.8) is 0 Å². The summed E-state index contributed by atoms with van der Waals surface area (Å²) in [5.41, 5.74) is 0. The van der Waals surface area contributed by atoms with E-state index < -0.39 is 0 Å². The molecule has 0 spiro atoms. The van der Waals surface area contributed by atoms with Crippen molar-refractivity contribution in [2.45, 2.75) is 69.7 Å². The molecule has 2 atom stereocenters. The minimum atomic E-state index is -0.179. The van der Waals surface area contributed by atoms with Gasteiger partial charge >= 0.3 is 0 Å². The van der Waals surface area contributed by atoms with Crippen molar-refractivity contribution in [3.8, 4) is 0 Å². The van der Waals surface area contributed by atoms with Crippen LogP contribution in [-0.2, 0) is 4.74 Å². The van der Waals surface area contributed by atoms with Crippen LogP contribution in [0.15, 0.2) is 0 Å². The number of hydrogen-bond acceptors (Lipinski definition) is 2. The lowest BCUT2D eigenvalue weighted by molar-refractivity contribution is -0.0730. The molecule has 2 heteroatoms. The average molecular weight is 184 g/mol. The van der Waals surface area contributed by atoms with E-state index in [2.05, 4.69) is 0 Å². The molecule has 0 aromatic carbocycles. The zero-order chi connectivity index (χ0) is 9.10. The van der Waals surface area contributed by atoms with Crippen LogP contribution in [0.2, 0.25) is 0 Å². The normalized spacial score (nSPS) is 36.7. The average Bonchev–Trinajstić information content (AvgIpc) is 2.54. The Bertz CT molecular complexity index is 152. The van der Waals surface area contributed by atoms with Crippen LogP contribution in [-0.4, -0.2) is 23.4 Å². The molecule has 0 amide bonds. The highest BCUT2D eigenvalue weighted by atomic mass is 16.5. The lowest BCUT2D eigenvalue weighted by Gasteiger charge is -2.26. The highest BCUT2D eigenvalue weighted by Crippen LogP contribution is 2.28. The van der Waals surface area contributed by atoms with Gasteiger partial charge in [0, 0.05) is 0 Å². The largest absolute Gasteiger partial charge is 0.390 e. The standard InChI is InChI=1S/C11H20O2/c12-10-7-4-8-11(10)13-9-5-2-1-3-6-9/h9-12H,1-8H2. The van der Waals surface area contributed by atoms with E-state index in [1.165, 1.54) is 32.1 Å². The summed E-state index contributed by atoms with van der Waals surface area (Å²) in [5, 5.41) is 9.59. The van der Waals surface area contributed by atoms with E-state index in [1.807, 2.05) is 0 Å². The molecular formula is C11H20O2. The summed E-state index contributed by atoms with van der Waals surface area (Å²) in [6, 6.07) is 0. The van der Waals surface area contributed by atoms with Gasteiger partial charge in [-0.05, 0) is 32.1 Å². The van der Waals surface area contributed by atoms with Crippen molar-refractivity contribution in [1.82, 2.24) is 0 Å². The second kappa shape index (κ2) is 4.43. The predicted octanol–water partition coefficient (Wildman–Crippen LogP) is 2.25. The van der Waals surface area contributed by atoms with E-state index in [-0.39, 0.29) is 12.2 Å². The molecule has 0 aliphatic heterocycles. The first-order valence-electron chi connectivity index (χ1n) is 5.70. The van der Waals surface area contributed by atoms with Crippen LogP contribution < -0.4 is 0 Å². The van der Waals surface area contributed by atoms with Gasteiger partial charge in [0.25, 0.3) is 0 Å². The zero-order valence-electron chi connectivity index (χ0n) is 8.24. The van der Waals surface area contributed by atoms with Gasteiger partial charge in [-0.2, -0.15) is 0 Å². The minimum Gasteiger partial charge on any atom is -0.390 e. The molecule has 2 fully saturated rings. The van der Waals surface area contributed by atoms with Gasteiger partial charge in [0.1, 0.15) is 0 Å². The second-order valence-electron chi connectivity index (χ2n) is 4.43. The van der Waals surface area contributed by atoms with Crippen LogP contribution in [0.1, 0.15) is 51.4 Å². The van der Waals surface area contributed by atoms with Crippen molar-refractivity contribution in [1.29, 1.82) is 0 Å². The van der Waals surface area contributed by atoms with Gasteiger partial charge in [-0.15, -0.1) is 0 Å². The molecule has 1 N–H and O–H groups in total. The summed E-state index contributed by atoms with van der Waals surface area (Å²) in [7, 11) is 0. The molecular weight excluding hydrogens is 164 g/mol. The van der Waals surface area contributed by atoms with E-state index in [0.717, 1.165) is 19.3 Å². The van der Waals surface area contributed by atoms with Crippen molar-refractivity contribution in [2.24, 2.45) is 0 Å². The SMILES string of the molecule is OC1CCCC1OC1CCCCC1. The zero-order valence-corrected chi connectivity index (χ0v) is 8.24. The van der Waals surface area contributed by atoms with E-state index >= 15 is 0 Å². The fraction of sp³-hybridized carbons (Fsp3) is 1.00. The number of aliphatic hydroxyl groups is 1. The number of hydrogen-bond donors (Lipinski definition) is 1. The molecule has 0 aromatic rings. The highest BCUT2D eigenvalue weighted by molar-refractivity contribution is 4.79. The Morgan fingerprint density at radius 1 is 0.846 bits per heavy atom. The molecule has 13 heavy (non-hydrogen) atoms. The topological polar surface area (TPSA) is 29.5 Å². The maximum Gasteiger partial charge on any atom is 0.0837 e. The fourth-order valence-corrected chi connectivity index (χ4v) is 2.51. The summed E-state index contributed by atoms with van der Waals surface area (Å²) in [5.74, 6) is 0. The van der Waals surface area contributed by atoms with Crippen LogP contribution in [0.5, 0.6) is 0 Å². The van der Waals surface area contributed by atoms with Crippen LogP contribution in [0.25, 0.3) is 0 Å². The van der Waals surface area contributed by atoms with Gasteiger partial charge in [-0.3, -0.25) is 0 Å². The first-order valence-corrected chi connectivity index (χ1v) is 5.70. The molecule has 2 saturated carbocycles. The monoisotopic (exact) mass is 184 g/mol. The molecule has 76 valence electrons. The molecule has 0 radical (unpaired) electrons. The molecule has 0 bridgehead atoms. The second-order valence-corrected chi connectivity index (χ2v) is 4.43. The number of aliphatic hydroxyl groups excluding tert-OH is 1. The predicted molar refractivity (Wildman–Crippen MR) is 51.6 cm³/mol. The highest BCUT2D eigenvalue weighted by Gasteiger charge is 2.28. The van der Waals surface area contributed by atoms with E-state index in [4.69, 9.17) is 4.74 Å². The maximum absolute atomic E-state index is 9.59. The molecule has 2 aliphatic rings. The number of ether oxygens (including phenoxy) is 1. The van der Waals surface area contributed by atoms with Gasteiger partial charge in [0.05, 0.1) is 18.3 Å². The van der Waals surface area contributed by atoms with Crippen molar-refractivity contribution < 1.29 is 9.84 Å². The molecule has 2 aliphatic carbocycles. The van der Waals surface area contributed by atoms with E-state index in [9.17, 15) is 5.11 Å². The van der Waals surface area contributed by atoms with Crippen LogP contribution in [0.3, 0.4) is 0 Å². The summed E-state index contributed by atoms with van der Waals surface area (Å²) < 4.78 is 5.91. The lowest BCUT2D eigenvalue weighted by atomic mass is 9.97. The van der Waals surface area contributed by atoms with Gasteiger partial charge in [-0.1, -0.05) is 19.3 Å². The van der Waals surface area contributed by atoms with Crippen molar-refractivity contribution in [3.05, 3.63) is 0 Å². The van der Waals surface area contributed by atoms with Gasteiger partial charge < -0.3 is 9.84 Å². The number of rotatable bonds is 2. The Hall–Kier alpha value is -0.0800. The summed E-state index contributed by atoms with van der Waals surface area (Å²) in [6.45, 7) is 0. The third-order valence-corrected chi connectivity index (χ3v) is 3.34. The Morgan fingerprint density at radius 2 is 1.62 bits per heavy atom. The Morgan fingerprint density at radius 3 is 2.23 bits per heavy atom. The maximum atomic E-state index is 9.59. The lowest BCUT2D eigenvalue weighted by Crippen LogP contribution is -2.29. The van der Waals surface area contributed by atoms with Gasteiger partial charge in [0.2, 0.25) is 0 Å². The van der Waals surface area contributed by atoms with Crippen molar-refractivity contribution in [2.75, 3.05) is 0 Å². The van der Waals surface area contributed by atoms with Crippen LogP contribution in [0, 0.1) is 0 Å². The fourth-order valence-electron chi connectivity index (χ4n) is 2.51. The first-order chi connectivity index (χ1) is 6.36. The molecule has 0 heterocycles. The quantitative estimate of drug-likeness (QED) is 0.713. The molecule has 2 rings (SSSR count). The third kappa shape index (κ3) is 2.44. The van der Waals surface area contributed by atoms with Crippen LogP contribution >= 0.6 is 0 Å². The van der Waals surface area contributed by atoms with E-state index in [0.29, 0.717) is 6.10 Å². The van der Waals surface area contributed by atoms with Crippen LogP contribution in [0.4, 0.5) is 0 Å². The Labute approximate surface area is 80.3 Å². The van der Waals surface area contributed by atoms with Gasteiger partial charge in [0.15, 0.2) is 0 Å². The molecule has 0 saturated heterocycles. The van der Waals surface area contributed by atoms with Gasteiger partial charge in [-0.25, -0.2) is 0 Å². The Kier molecular flexibility index (Phi) is 3.23. The minimum absolute atomic E-state index is 0.156. The molecule has 0 aromatic heterocycles. The third-order valence-electron chi connectivity index (χ3n) is 3.34. The Balaban J connectivity index is 1.75.